The number of aromatic nitrogens is 3. The number of halogens is 1. The van der Waals surface area contributed by atoms with E-state index in [-0.39, 0.29) is 23.4 Å². The van der Waals surface area contributed by atoms with Gasteiger partial charge in [-0.05, 0) is 43.0 Å². The fourth-order valence-electron chi connectivity index (χ4n) is 4.31. The number of nitrogens with one attached hydrogen (secondary N) is 1. The number of nitrogens with zero attached hydrogens (tertiary/aromatic N) is 4. The van der Waals surface area contributed by atoms with Crippen LogP contribution in [0.15, 0.2) is 30.5 Å². The lowest BCUT2D eigenvalue weighted by molar-refractivity contribution is -0.133. The van der Waals surface area contributed by atoms with Gasteiger partial charge in [-0.3, -0.25) is 19.2 Å². The molecule has 2 aromatic rings. The van der Waals surface area contributed by atoms with Gasteiger partial charge in [-0.2, -0.15) is 0 Å². The largest absolute Gasteiger partial charge is 0.352 e. The minimum absolute atomic E-state index is 0.0195. The van der Waals surface area contributed by atoms with Crippen LogP contribution < -0.4 is 5.32 Å². The first kappa shape index (κ1) is 18.7. The number of piperidine rings is 3. The third-order valence-electron chi connectivity index (χ3n) is 5.89. The van der Waals surface area contributed by atoms with Gasteiger partial charge in [-0.1, -0.05) is 17.3 Å². The summed E-state index contributed by atoms with van der Waals surface area (Å²) in [5.41, 5.74) is 1.27. The molecular formula is C20H24FN5O2. The number of carbonyl (C=O) groups excluding carboxylic acids is 2. The highest BCUT2D eigenvalue weighted by molar-refractivity contribution is 5.91. The average Bonchev–Trinajstić information content (AvgIpc) is 3.17. The highest BCUT2D eigenvalue weighted by atomic mass is 19.1. The third kappa shape index (κ3) is 3.96. The fourth-order valence-corrected chi connectivity index (χ4v) is 4.31. The number of hydrogen-bond donors (Lipinski definition) is 1. The lowest BCUT2D eigenvalue weighted by Gasteiger charge is -2.49. The predicted octanol–water partition coefficient (Wildman–Crippen LogP) is 1.65. The summed E-state index contributed by atoms with van der Waals surface area (Å²) in [7, 11) is 0. The summed E-state index contributed by atoms with van der Waals surface area (Å²) in [5.74, 6) is 0.0287. The molecule has 0 saturated carbocycles. The summed E-state index contributed by atoms with van der Waals surface area (Å²) in [4.78, 5) is 26.4. The maximum Gasteiger partial charge on any atom is 0.224 e. The molecule has 3 aliphatic heterocycles. The van der Waals surface area contributed by atoms with E-state index in [2.05, 4.69) is 20.5 Å². The molecule has 1 N–H and O–H groups in total. The molecule has 4 heterocycles. The van der Waals surface area contributed by atoms with Gasteiger partial charge < -0.3 is 5.32 Å². The Bertz CT molecular complexity index is 866. The summed E-state index contributed by atoms with van der Waals surface area (Å²) < 4.78 is 14.7. The van der Waals surface area contributed by atoms with Crippen molar-refractivity contribution >= 4 is 11.7 Å². The minimum atomic E-state index is -0.277. The van der Waals surface area contributed by atoms with Crippen LogP contribution in [0.3, 0.4) is 0 Å². The van der Waals surface area contributed by atoms with Gasteiger partial charge >= 0.3 is 0 Å². The molecule has 7 nitrogen and oxygen atoms in total. The van der Waals surface area contributed by atoms with Crippen LogP contribution in [-0.4, -0.2) is 50.7 Å². The van der Waals surface area contributed by atoms with Crippen molar-refractivity contribution in [3.8, 4) is 0 Å². The molecule has 1 aromatic carbocycles. The van der Waals surface area contributed by atoms with Crippen molar-refractivity contribution in [2.45, 2.75) is 38.9 Å². The van der Waals surface area contributed by atoms with Crippen LogP contribution in [0.4, 0.5) is 4.39 Å². The van der Waals surface area contributed by atoms with E-state index in [1.807, 2.05) is 0 Å². The average molecular weight is 385 g/mol. The van der Waals surface area contributed by atoms with E-state index in [1.165, 1.54) is 19.1 Å². The first-order valence-corrected chi connectivity index (χ1v) is 9.67. The topological polar surface area (TPSA) is 80.1 Å². The molecule has 0 spiro atoms. The number of fused-ring (bicyclic) bond motifs is 3. The van der Waals surface area contributed by atoms with Crippen LogP contribution in [0.2, 0.25) is 0 Å². The molecular weight excluding hydrogens is 361 g/mol. The molecule has 2 bridgehead atoms. The molecule has 5 rings (SSSR count). The molecule has 28 heavy (non-hydrogen) atoms. The quantitative estimate of drug-likeness (QED) is 0.765. The molecule has 8 heteroatoms. The van der Waals surface area contributed by atoms with Crippen molar-refractivity contribution in [1.29, 1.82) is 0 Å². The smallest absolute Gasteiger partial charge is 0.224 e. The Labute approximate surface area is 162 Å². The Hall–Kier alpha value is -2.61. The van der Waals surface area contributed by atoms with Gasteiger partial charge in [0.05, 0.1) is 18.7 Å². The zero-order valence-electron chi connectivity index (χ0n) is 15.8. The molecule has 0 aliphatic carbocycles. The first-order valence-electron chi connectivity index (χ1n) is 9.67. The van der Waals surface area contributed by atoms with Crippen molar-refractivity contribution in [3.05, 3.63) is 47.5 Å². The number of benzene rings is 1. The Morgan fingerprint density at radius 1 is 1.29 bits per heavy atom. The van der Waals surface area contributed by atoms with Gasteiger partial charge in [-0.15, -0.1) is 5.10 Å². The summed E-state index contributed by atoms with van der Waals surface area (Å²) in [6.45, 7) is 4.29. The van der Waals surface area contributed by atoms with Gasteiger partial charge in [0.25, 0.3) is 0 Å². The maximum absolute atomic E-state index is 13.0. The normalized spacial score (nSPS) is 26.2. The SMILES string of the molecule is CC(=O)c1cn(C[C@H]2CC3CCN2C[C@@H]3C(=O)NCc2ccc(F)cc2)nn1. The molecule has 2 unspecified atom stereocenters. The van der Waals surface area contributed by atoms with Gasteiger partial charge in [0.2, 0.25) is 5.91 Å². The summed E-state index contributed by atoms with van der Waals surface area (Å²) in [5, 5.41) is 11.0. The van der Waals surface area contributed by atoms with Crippen molar-refractivity contribution in [2.24, 2.45) is 11.8 Å². The third-order valence-corrected chi connectivity index (χ3v) is 5.89. The molecule has 3 aliphatic rings. The summed E-state index contributed by atoms with van der Waals surface area (Å²) in [6, 6.07) is 6.50. The molecule has 4 atom stereocenters. The van der Waals surface area contributed by atoms with Gasteiger partial charge in [0.15, 0.2) is 5.78 Å². The van der Waals surface area contributed by atoms with Gasteiger partial charge in [0, 0.05) is 26.1 Å². The standard InChI is InChI=1S/C20H24FN5O2/c1-13(27)19-12-26(24-23-19)10-17-8-15-6-7-25(17)11-18(15)20(28)22-9-14-2-4-16(21)5-3-14/h2-5,12,15,17-18H,6-11H2,1H3,(H,22,28)/t15?,17-,18+/m1/s1. The molecule has 3 fully saturated rings. The summed E-state index contributed by atoms with van der Waals surface area (Å²) >= 11 is 0. The Balaban J connectivity index is 1.33. The van der Waals surface area contributed by atoms with Crippen molar-refractivity contribution in [1.82, 2.24) is 25.2 Å². The molecule has 1 aromatic heterocycles. The lowest BCUT2D eigenvalue weighted by Crippen LogP contribution is -2.58. The molecule has 1 amide bonds. The minimum Gasteiger partial charge on any atom is -0.352 e. The molecule has 0 radical (unpaired) electrons. The number of rotatable bonds is 6. The van der Waals surface area contributed by atoms with Crippen LogP contribution in [0, 0.1) is 17.7 Å². The van der Waals surface area contributed by atoms with Gasteiger partial charge in [-0.25, -0.2) is 4.39 Å². The Kier molecular flexibility index (Phi) is 5.21. The van der Waals surface area contributed by atoms with Gasteiger partial charge in [0.1, 0.15) is 11.5 Å². The second-order valence-electron chi connectivity index (χ2n) is 7.77. The van der Waals surface area contributed by atoms with E-state index in [0.717, 1.165) is 31.5 Å². The monoisotopic (exact) mass is 385 g/mol. The van der Waals surface area contributed by atoms with E-state index in [1.54, 1.807) is 23.0 Å². The lowest BCUT2D eigenvalue weighted by atomic mass is 9.75. The number of hydrogen-bond acceptors (Lipinski definition) is 5. The Morgan fingerprint density at radius 3 is 2.71 bits per heavy atom. The van der Waals surface area contributed by atoms with Crippen molar-refractivity contribution in [3.63, 3.8) is 0 Å². The predicted molar refractivity (Wildman–Crippen MR) is 99.8 cm³/mol. The highest BCUT2D eigenvalue weighted by Crippen LogP contribution is 2.37. The number of Topliss-reactive ketones (excluding diaryl/α,β-unsaturated/α-hetero) is 1. The van der Waals surface area contributed by atoms with Crippen LogP contribution in [-0.2, 0) is 17.9 Å². The fraction of sp³-hybridized carbons (Fsp3) is 0.500. The van der Waals surface area contributed by atoms with Crippen LogP contribution in [0.5, 0.6) is 0 Å². The van der Waals surface area contributed by atoms with Crippen LogP contribution in [0.1, 0.15) is 35.8 Å². The van der Waals surface area contributed by atoms with E-state index in [9.17, 15) is 14.0 Å². The van der Waals surface area contributed by atoms with Crippen molar-refractivity contribution in [2.75, 3.05) is 13.1 Å². The molecule has 3 saturated heterocycles. The molecule has 148 valence electrons. The van der Waals surface area contributed by atoms with Crippen LogP contribution >= 0.6 is 0 Å². The van der Waals surface area contributed by atoms with E-state index in [0.29, 0.717) is 30.7 Å². The highest BCUT2D eigenvalue weighted by Gasteiger charge is 2.43. The van der Waals surface area contributed by atoms with E-state index < -0.39 is 0 Å². The maximum atomic E-state index is 13.0. The number of carbonyl (C=O) groups is 2. The number of ketones is 1. The van der Waals surface area contributed by atoms with E-state index in [4.69, 9.17) is 0 Å². The first-order chi connectivity index (χ1) is 13.5. The Morgan fingerprint density at radius 2 is 2.07 bits per heavy atom. The van der Waals surface area contributed by atoms with Crippen molar-refractivity contribution < 1.29 is 14.0 Å². The number of amides is 1. The zero-order valence-corrected chi connectivity index (χ0v) is 15.8. The van der Waals surface area contributed by atoms with E-state index >= 15 is 0 Å². The van der Waals surface area contributed by atoms with Crippen LogP contribution in [0.25, 0.3) is 0 Å². The summed E-state index contributed by atoms with van der Waals surface area (Å²) in [6.07, 6.45) is 3.64. The second kappa shape index (κ2) is 7.79. The second-order valence-corrected chi connectivity index (χ2v) is 7.77. The zero-order chi connectivity index (χ0) is 19.7.